The first-order valence-corrected chi connectivity index (χ1v) is 12.1. The number of carbonyl (C=O) groups is 1. The first-order chi connectivity index (χ1) is 17.0. The first-order valence-electron chi connectivity index (χ1n) is 12.1. The summed E-state index contributed by atoms with van der Waals surface area (Å²) in [6.45, 7) is 3.29. The summed E-state index contributed by atoms with van der Waals surface area (Å²) in [4.78, 5) is 19.9. The Morgan fingerprint density at radius 3 is 2.71 bits per heavy atom. The lowest BCUT2D eigenvalue weighted by Gasteiger charge is -2.38. The Hall–Kier alpha value is -3.45. The maximum Gasteiger partial charge on any atom is 0.250 e. The van der Waals surface area contributed by atoms with Gasteiger partial charge in [-0.2, -0.15) is 0 Å². The van der Waals surface area contributed by atoms with Crippen LogP contribution in [0.25, 0.3) is 11.8 Å². The summed E-state index contributed by atoms with van der Waals surface area (Å²) in [6, 6.07) is 12.1. The molecule has 2 atom stereocenters. The van der Waals surface area contributed by atoms with Crippen molar-refractivity contribution in [1.82, 2.24) is 14.5 Å². The highest BCUT2D eigenvalue weighted by atomic mass is 19.1. The van der Waals surface area contributed by atoms with E-state index in [0.29, 0.717) is 25.3 Å². The highest BCUT2D eigenvalue weighted by molar-refractivity contribution is 5.99. The van der Waals surface area contributed by atoms with Gasteiger partial charge in [-0.25, -0.2) is 9.37 Å². The number of methoxy groups -OCH3 is 1. The molecule has 2 fully saturated rings. The van der Waals surface area contributed by atoms with Crippen molar-refractivity contribution in [2.24, 2.45) is 0 Å². The average Bonchev–Trinajstić information content (AvgIpc) is 3.55. The molecular weight excluding hydrogens is 445 g/mol. The van der Waals surface area contributed by atoms with Crippen molar-refractivity contribution < 1.29 is 18.7 Å². The molecule has 3 aromatic rings. The largest absolute Gasteiger partial charge is 0.495 e. The smallest absolute Gasteiger partial charge is 0.250 e. The lowest BCUT2D eigenvalue weighted by atomic mass is 9.93. The zero-order valence-corrected chi connectivity index (χ0v) is 20.1. The highest BCUT2D eigenvalue weighted by Gasteiger charge is 2.37. The second kappa shape index (κ2) is 10.0. The van der Waals surface area contributed by atoms with E-state index in [1.807, 2.05) is 46.9 Å². The summed E-state index contributed by atoms with van der Waals surface area (Å²) in [5, 5.41) is 0. The molecule has 35 heavy (non-hydrogen) atoms. The number of halogens is 1. The number of carbonyl (C=O) groups excluding carboxylic acids is 1. The SMILES string of the molecule is COc1cc(C=C2CCCN([C@@H](c3ccc(F)cc3)[C@H]3CCCO3)C2=O)ccc1-n1cnc(C)c1. The topological polar surface area (TPSA) is 56.6 Å². The van der Waals surface area contributed by atoms with Crippen molar-refractivity contribution in [2.45, 2.75) is 44.8 Å². The van der Waals surface area contributed by atoms with Crippen molar-refractivity contribution in [2.75, 3.05) is 20.3 Å². The number of nitrogens with zero attached hydrogens (tertiary/aromatic N) is 3. The van der Waals surface area contributed by atoms with Crippen LogP contribution in [0.4, 0.5) is 4.39 Å². The van der Waals surface area contributed by atoms with E-state index in [4.69, 9.17) is 9.47 Å². The maximum absolute atomic E-state index is 13.7. The van der Waals surface area contributed by atoms with Crippen LogP contribution in [0.15, 0.2) is 60.6 Å². The van der Waals surface area contributed by atoms with E-state index in [2.05, 4.69) is 4.98 Å². The molecule has 6 nitrogen and oxygen atoms in total. The molecule has 3 heterocycles. The molecule has 7 heteroatoms. The fraction of sp³-hybridized carbons (Fsp3) is 0.357. The summed E-state index contributed by atoms with van der Waals surface area (Å²) >= 11 is 0. The number of benzene rings is 2. The van der Waals surface area contributed by atoms with Gasteiger partial charge in [0, 0.05) is 24.9 Å². The van der Waals surface area contributed by atoms with Gasteiger partial charge in [-0.05, 0) is 74.1 Å². The lowest BCUT2D eigenvalue weighted by Crippen LogP contribution is -2.44. The Balaban J connectivity index is 1.44. The van der Waals surface area contributed by atoms with Crippen molar-refractivity contribution in [3.05, 3.63) is 83.2 Å². The first kappa shape index (κ1) is 23.3. The number of piperidine rings is 1. The minimum Gasteiger partial charge on any atom is -0.495 e. The number of rotatable bonds is 6. The number of hydrogen-bond acceptors (Lipinski definition) is 4. The van der Waals surface area contributed by atoms with Crippen LogP contribution in [0.2, 0.25) is 0 Å². The Kier molecular flexibility index (Phi) is 6.68. The van der Waals surface area contributed by atoms with E-state index in [1.165, 1.54) is 12.1 Å². The van der Waals surface area contributed by atoms with Gasteiger partial charge in [0.2, 0.25) is 5.91 Å². The predicted octanol–water partition coefficient (Wildman–Crippen LogP) is 5.25. The van der Waals surface area contributed by atoms with Crippen LogP contribution in [0, 0.1) is 12.7 Å². The number of likely N-dealkylation sites (tertiary alicyclic amines) is 1. The minimum absolute atomic E-state index is 0.00866. The number of aromatic nitrogens is 2. The van der Waals surface area contributed by atoms with Crippen LogP contribution in [0.1, 0.15) is 48.5 Å². The number of ether oxygens (including phenoxy) is 2. The van der Waals surface area contributed by atoms with Gasteiger partial charge in [0.25, 0.3) is 0 Å². The number of hydrogen-bond donors (Lipinski definition) is 0. The molecule has 182 valence electrons. The van der Waals surface area contributed by atoms with Crippen LogP contribution >= 0.6 is 0 Å². The lowest BCUT2D eigenvalue weighted by molar-refractivity contribution is -0.134. The van der Waals surface area contributed by atoms with Gasteiger partial charge in [-0.15, -0.1) is 0 Å². The summed E-state index contributed by atoms with van der Waals surface area (Å²) in [7, 11) is 1.64. The molecule has 0 unspecified atom stereocenters. The van der Waals surface area contributed by atoms with Crippen molar-refractivity contribution in [3.8, 4) is 11.4 Å². The predicted molar refractivity (Wildman–Crippen MR) is 132 cm³/mol. The van der Waals surface area contributed by atoms with Gasteiger partial charge in [0.15, 0.2) is 0 Å². The molecule has 2 aliphatic rings. The Morgan fingerprint density at radius 2 is 2.03 bits per heavy atom. The van der Waals surface area contributed by atoms with Crippen LogP contribution in [0.3, 0.4) is 0 Å². The summed E-state index contributed by atoms with van der Waals surface area (Å²) in [5.74, 6) is 0.434. The molecule has 2 aliphatic heterocycles. The zero-order chi connectivity index (χ0) is 24.4. The summed E-state index contributed by atoms with van der Waals surface area (Å²) in [6.07, 6.45) is 9.01. The molecule has 2 aromatic carbocycles. The van der Waals surface area contributed by atoms with E-state index in [1.54, 1.807) is 25.6 Å². The molecule has 0 spiro atoms. The quantitative estimate of drug-likeness (QED) is 0.457. The van der Waals surface area contributed by atoms with Crippen LogP contribution < -0.4 is 4.74 Å². The van der Waals surface area contributed by atoms with Crippen LogP contribution in [-0.4, -0.2) is 46.7 Å². The van der Waals surface area contributed by atoms with Crippen molar-refractivity contribution >= 4 is 12.0 Å². The van der Waals surface area contributed by atoms with Gasteiger partial charge < -0.3 is 18.9 Å². The highest BCUT2D eigenvalue weighted by Crippen LogP contribution is 2.36. The molecule has 0 bridgehead atoms. The van der Waals surface area contributed by atoms with E-state index in [-0.39, 0.29) is 23.9 Å². The molecule has 5 rings (SSSR count). The Bertz CT molecular complexity index is 1230. The molecule has 1 amide bonds. The Labute approximate surface area is 205 Å². The normalized spacial score (nSPS) is 20.4. The average molecular weight is 476 g/mol. The molecular formula is C28H30FN3O3. The molecule has 2 saturated heterocycles. The van der Waals surface area contributed by atoms with Gasteiger partial charge in [-0.3, -0.25) is 4.79 Å². The standard InChI is InChI=1S/C28H30FN3O3/c1-19-17-31(18-30-19)24-12-7-20(16-26(24)34-2)15-22-5-3-13-32(28(22)33)27(25-6-4-14-35-25)21-8-10-23(29)11-9-21/h7-12,15-18,25,27H,3-6,13-14H2,1-2H3/t25-,27+/m1/s1. The fourth-order valence-corrected chi connectivity index (χ4v) is 5.09. The molecule has 0 saturated carbocycles. The van der Waals surface area contributed by atoms with Crippen molar-refractivity contribution in [1.29, 1.82) is 0 Å². The van der Waals surface area contributed by atoms with Gasteiger partial charge in [0.1, 0.15) is 11.6 Å². The molecule has 0 radical (unpaired) electrons. The second-order valence-electron chi connectivity index (χ2n) is 9.17. The molecule has 1 aromatic heterocycles. The molecule has 0 aliphatic carbocycles. The van der Waals surface area contributed by atoms with E-state index < -0.39 is 0 Å². The monoisotopic (exact) mass is 475 g/mol. The number of imidazole rings is 1. The Morgan fingerprint density at radius 1 is 1.20 bits per heavy atom. The zero-order valence-electron chi connectivity index (χ0n) is 20.1. The summed E-state index contributed by atoms with van der Waals surface area (Å²) in [5.41, 5.74) is 4.39. The number of aryl methyl sites for hydroxylation is 1. The van der Waals surface area contributed by atoms with Crippen LogP contribution in [0.5, 0.6) is 5.75 Å². The third-order valence-electron chi connectivity index (χ3n) is 6.78. The number of amides is 1. The third-order valence-corrected chi connectivity index (χ3v) is 6.78. The maximum atomic E-state index is 13.7. The summed E-state index contributed by atoms with van der Waals surface area (Å²) < 4.78 is 27.2. The van der Waals surface area contributed by atoms with Gasteiger partial charge in [0.05, 0.1) is 37.0 Å². The van der Waals surface area contributed by atoms with E-state index in [9.17, 15) is 9.18 Å². The van der Waals surface area contributed by atoms with Gasteiger partial charge in [-0.1, -0.05) is 18.2 Å². The van der Waals surface area contributed by atoms with E-state index >= 15 is 0 Å². The second-order valence-corrected chi connectivity index (χ2v) is 9.17. The molecule has 0 N–H and O–H groups in total. The van der Waals surface area contributed by atoms with Crippen LogP contribution in [-0.2, 0) is 9.53 Å². The minimum atomic E-state index is -0.284. The third kappa shape index (κ3) is 4.86. The fourth-order valence-electron chi connectivity index (χ4n) is 5.09. The van der Waals surface area contributed by atoms with Gasteiger partial charge >= 0.3 is 0 Å². The van der Waals surface area contributed by atoms with E-state index in [0.717, 1.165) is 47.3 Å². The van der Waals surface area contributed by atoms with Crippen molar-refractivity contribution in [3.63, 3.8) is 0 Å².